The maximum atomic E-state index is 12.4. The van der Waals surface area contributed by atoms with E-state index in [4.69, 9.17) is 0 Å². The number of Topliss-reactive ketones (excluding diaryl/α,β-unsaturated/α-hetero) is 1. The molecule has 14 heavy (non-hydrogen) atoms. The lowest BCUT2D eigenvalue weighted by molar-refractivity contribution is -0.138. The van der Waals surface area contributed by atoms with Gasteiger partial charge in [0.1, 0.15) is 5.69 Å². The molecule has 0 aliphatic heterocycles. The fraction of sp³-hybridized carbons (Fsp3) is 0.375. The number of nitrogens with zero attached hydrogens (tertiary/aromatic N) is 2. The normalized spacial score (nSPS) is 11.5. The van der Waals surface area contributed by atoms with Crippen molar-refractivity contribution in [2.75, 3.05) is 0 Å². The van der Waals surface area contributed by atoms with Crippen LogP contribution < -0.4 is 0 Å². The molecule has 0 aromatic carbocycles. The largest absolute Gasteiger partial charge is 0.418 e. The summed E-state index contributed by atoms with van der Waals surface area (Å²) in [6, 6.07) is 0.809. The molecule has 1 rings (SSSR count). The van der Waals surface area contributed by atoms with E-state index in [0.29, 0.717) is 0 Å². The maximum absolute atomic E-state index is 12.4. The summed E-state index contributed by atoms with van der Waals surface area (Å²) < 4.78 is 37.1. The summed E-state index contributed by atoms with van der Waals surface area (Å²) in [5.41, 5.74) is -1.54. The second-order valence-corrected chi connectivity index (χ2v) is 2.80. The molecule has 3 nitrogen and oxygen atoms in total. The van der Waals surface area contributed by atoms with Crippen LogP contribution in [0.4, 0.5) is 13.2 Å². The third kappa shape index (κ3) is 2.07. The van der Waals surface area contributed by atoms with Crippen molar-refractivity contribution in [1.82, 2.24) is 10.2 Å². The predicted octanol–water partition coefficient (Wildman–Crippen LogP) is 2.01. The first-order chi connectivity index (χ1) is 6.32. The molecule has 6 heteroatoms. The number of aromatic nitrogens is 2. The van der Waals surface area contributed by atoms with Gasteiger partial charge in [-0.3, -0.25) is 4.79 Å². The fourth-order valence-electron chi connectivity index (χ4n) is 0.965. The molecule has 1 aromatic rings. The van der Waals surface area contributed by atoms with Crippen molar-refractivity contribution >= 4 is 5.78 Å². The standard InChI is InChI=1S/C8H7F3N2O/c1-4-3-6(8(9,10)11)7(5(2)14)13-12-4/h3H,1-2H3. The Labute approximate surface area is 78.0 Å². The van der Waals surface area contributed by atoms with Gasteiger partial charge >= 0.3 is 6.18 Å². The maximum Gasteiger partial charge on any atom is 0.418 e. The van der Waals surface area contributed by atoms with Crippen LogP contribution >= 0.6 is 0 Å². The first-order valence-corrected chi connectivity index (χ1v) is 3.75. The van der Waals surface area contributed by atoms with E-state index in [9.17, 15) is 18.0 Å². The van der Waals surface area contributed by atoms with E-state index >= 15 is 0 Å². The molecule has 0 saturated carbocycles. The molecule has 0 spiro atoms. The lowest BCUT2D eigenvalue weighted by atomic mass is 10.1. The summed E-state index contributed by atoms with van der Waals surface area (Å²) in [5, 5.41) is 6.63. The van der Waals surface area contributed by atoms with Crippen molar-refractivity contribution in [3.8, 4) is 0 Å². The van der Waals surface area contributed by atoms with Gasteiger partial charge in [0.2, 0.25) is 0 Å². The van der Waals surface area contributed by atoms with E-state index in [0.717, 1.165) is 13.0 Å². The Balaban J connectivity index is 3.38. The van der Waals surface area contributed by atoms with E-state index in [-0.39, 0.29) is 5.69 Å². The van der Waals surface area contributed by atoms with E-state index < -0.39 is 23.2 Å². The van der Waals surface area contributed by atoms with Gasteiger partial charge in [-0.05, 0) is 13.0 Å². The Bertz CT molecular complexity index is 373. The monoisotopic (exact) mass is 204 g/mol. The van der Waals surface area contributed by atoms with Gasteiger partial charge in [-0.25, -0.2) is 0 Å². The molecule has 0 N–H and O–H groups in total. The molecule has 1 heterocycles. The van der Waals surface area contributed by atoms with Crippen molar-refractivity contribution in [2.45, 2.75) is 20.0 Å². The number of ketones is 1. The number of rotatable bonds is 1. The van der Waals surface area contributed by atoms with Crippen molar-refractivity contribution in [3.05, 3.63) is 23.0 Å². The van der Waals surface area contributed by atoms with Crippen LogP contribution in [-0.2, 0) is 6.18 Å². The summed E-state index contributed by atoms with van der Waals surface area (Å²) >= 11 is 0. The lowest BCUT2D eigenvalue weighted by Crippen LogP contribution is -2.15. The average Bonchev–Trinajstić information content (AvgIpc) is 2.01. The number of halogens is 3. The number of hydrogen-bond donors (Lipinski definition) is 0. The molecular formula is C8H7F3N2O. The molecule has 0 fully saturated rings. The number of carbonyl (C=O) groups excluding carboxylic acids is 1. The zero-order valence-corrected chi connectivity index (χ0v) is 7.51. The Morgan fingerprint density at radius 1 is 1.36 bits per heavy atom. The molecule has 0 aliphatic carbocycles. The number of alkyl halides is 3. The molecular weight excluding hydrogens is 197 g/mol. The fourth-order valence-corrected chi connectivity index (χ4v) is 0.965. The predicted molar refractivity (Wildman–Crippen MR) is 41.8 cm³/mol. The smallest absolute Gasteiger partial charge is 0.293 e. The highest BCUT2D eigenvalue weighted by atomic mass is 19.4. The molecule has 76 valence electrons. The van der Waals surface area contributed by atoms with Crippen LogP contribution in [0.15, 0.2) is 6.07 Å². The van der Waals surface area contributed by atoms with Crippen LogP contribution in [-0.4, -0.2) is 16.0 Å². The Morgan fingerprint density at radius 2 is 1.93 bits per heavy atom. The van der Waals surface area contributed by atoms with Gasteiger partial charge in [0.05, 0.1) is 11.3 Å². The highest BCUT2D eigenvalue weighted by Crippen LogP contribution is 2.31. The van der Waals surface area contributed by atoms with Crippen LogP contribution in [0.5, 0.6) is 0 Å². The first-order valence-electron chi connectivity index (χ1n) is 3.75. The van der Waals surface area contributed by atoms with Gasteiger partial charge in [0.15, 0.2) is 5.78 Å². The summed E-state index contributed by atoms with van der Waals surface area (Å²) in [7, 11) is 0. The quantitative estimate of drug-likeness (QED) is 0.657. The first kappa shape index (κ1) is 10.6. The van der Waals surface area contributed by atoms with Crippen LogP contribution in [0, 0.1) is 6.92 Å². The number of carbonyl (C=O) groups is 1. The zero-order chi connectivity index (χ0) is 10.9. The van der Waals surface area contributed by atoms with Gasteiger partial charge in [-0.15, -0.1) is 5.10 Å². The average molecular weight is 204 g/mol. The van der Waals surface area contributed by atoms with E-state index in [2.05, 4.69) is 10.2 Å². The SMILES string of the molecule is CC(=O)c1nnc(C)cc1C(F)(F)F. The number of hydrogen-bond acceptors (Lipinski definition) is 3. The van der Waals surface area contributed by atoms with Gasteiger partial charge < -0.3 is 0 Å². The highest BCUT2D eigenvalue weighted by Gasteiger charge is 2.35. The van der Waals surface area contributed by atoms with E-state index in [1.165, 1.54) is 6.92 Å². The molecule has 0 saturated heterocycles. The van der Waals surface area contributed by atoms with Crippen molar-refractivity contribution < 1.29 is 18.0 Å². The van der Waals surface area contributed by atoms with Gasteiger partial charge in [0, 0.05) is 6.92 Å². The minimum atomic E-state index is -4.57. The molecule has 0 atom stereocenters. The highest BCUT2D eigenvalue weighted by molar-refractivity contribution is 5.93. The molecule has 0 amide bonds. The van der Waals surface area contributed by atoms with Crippen LogP contribution in [0.2, 0.25) is 0 Å². The lowest BCUT2D eigenvalue weighted by Gasteiger charge is -2.09. The Morgan fingerprint density at radius 3 is 2.36 bits per heavy atom. The minimum absolute atomic E-state index is 0.127. The van der Waals surface area contributed by atoms with E-state index in [1.54, 1.807) is 0 Å². The minimum Gasteiger partial charge on any atom is -0.293 e. The Kier molecular flexibility index (Phi) is 2.55. The van der Waals surface area contributed by atoms with Crippen molar-refractivity contribution in [2.24, 2.45) is 0 Å². The molecule has 0 unspecified atom stereocenters. The second kappa shape index (κ2) is 3.36. The summed E-state index contributed by atoms with van der Waals surface area (Å²) in [4.78, 5) is 10.8. The van der Waals surface area contributed by atoms with E-state index in [1.807, 2.05) is 0 Å². The third-order valence-electron chi connectivity index (χ3n) is 1.55. The van der Waals surface area contributed by atoms with Crippen molar-refractivity contribution in [3.63, 3.8) is 0 Å². The van der Waals surface area contributed by atoms with Crippen LogP contribution in [0.25, 0.3) is 0 Å². The summed E-state index contributed by atoms with van der Waals surface area (Å²) in [6.07, 6.45) is -4.57. The topological polar surface area (TPSA) is 42.9 Å². The van der Waals surface area contributed by atoms with Gasteiger partial charge in [0.25, 0.3) is 0 Å². The molecule has 0 aliphatic rings. The summed E-state index contributed by atoms with van der Waals surface area (Å²) in [6.45, 7) is 2.40. The number of aryl methyl sites for hydroxylation is 1. The zero-order valence-electron chi connectivity index (χ0n) is 7.51. The second-order valence-electron chi connectivity index (χ2n) is 2.80. The third-order valence-corrected chi connectivity index (χ3v) is 1.55. The molecule has 1 aromatic heterocycles. The van der Waals surface area contributed by atoms with Gasteiger partial charge in [-0.2, -0.15) is 18.3 Å². The van der Waals surface area contributed by atoms with Crippen LogP contribution in [0.3, 0.4) is 0 Å². The van der Waals surface area contributed by atoms with Gasteiger partial charge in [-0.1, -0.05) is 0 Å². The summed E-state index contributed by atoms with van der Waals surface area (Å²) in [5.74, 6) is -0.746. The van der Waals surface area contributed by atoms with Crippen molar-refractivity contribution in [1.29, 1.82) is 0 Å². The Hall–Kier alpha value is -1.46. The molecule has 0 radical (unpaired) electrons. The van der Waals surface area contributed by atoms with Crippen LogP contribution in [0.1, 0.15) is 28.7 Å². The molecule has 0 bridgehead atoms.